The summed E-state index contributed by atoms with van der Waals surface area (Å²) in [7, 11) is 5.43. The van der Waals surface area contributed by atoms with Gasteiger partial charge >= 0.3 is 0 Å². The van der Waals surface area contributed by atoms with E-state index in [1.54, 1.807) is 24.3 Å². The van der Waals surface area contributed by atoms with Gasteiger partial charge in [-0.25, -0.2) is 4.39 Å². The van der Waals surface area contributed by atoms with E-state index in [0.29, 0.717) is 12.2 Å². The molecule has 0 bridgehead atoms. The van der Waals surface area contributed by atoms with E-state index in [4.69, 9.17) is 4.74 Å². The van der Waals surface area contributed by atoms with Gasteiger partial charge in [0.2, 0.25) is 5.78 Å². The Balaban J connectivity index is 2.12. The minimum atomic E-state index is -1.05. The SMILES string of the molecule is COc1cccc(C([O-])=C2C(=O)C(=O)N(CCC[NH+](C)C)C2c2ccccc2F)c1. The van der Waals surface area contributed by atoms with Crippen molar-refractivity contribution in [1.82, 2.24) is 4.90 Å². The van der Waals surface area contributed by atoms with Crippen LogP contribution in [-0.2, 0) is 9.59 Å². The highest BCUT2D eigenvalue weighted by molar-refractivity contribution is 6.46. The van der Waals surface area contributed by atoms with E-state index in [1.807, 2.05) is 14.1 Å². The van der Waals surface area contributed by atoms with Gasteiger partial charge in [-0.05, 0) is 23.8 Å². The second kappa shape index (κ2) is 9.09. The maximum absolute atomic E-state index is 14.7. The first-order valence-electron chi connectivity index (χ1n) is 9.79. The maximum atomic E-state index is 14.7. The van der Waals surface area contributed by atoms with Crippen LogP contribution < -0.4 is 14.7 Å². The van der Waals surface area contributed by atoms with Crippen molar-refractivity contribution >= 4 is 17.4 Å². The molecule has 30 heavy (non-hydrogen) atoms. The molecule has 2 aromatic carbocycles. The lowest BCUT2D eigenvalue weighted by Crippen LogP contribution is -3.05. The van der Waals surface area contributed by atoms with Gasteiger partial charge in [0, 0.05) is 24.1 Å². The first-order chi connectivity index (χ1) is 14.3. The maximum Gasteiger partial charge on any atom is 0.295 e. The minimum absolute atomic E-state index is 0.139. The molecule has 0 aromatic heterocycles. The fraction of sp³-hybridized carbons (Fsp3) is 0.304. The van der Waals surface area contributed by atoms with Gasteiger partial charge in [-0.3, -0.25) is 9.59 Å². The molecule has 1 aliphatic rings. The first kappa shape index (κ1) is 21.5. The van der Waals surface area contributed by atoms with Crippen LogP contribution >= 0.6 is 0 Å². The lowest BCUT2D eigenvalue weighted by molar-refractivity contribution is -0.858. The predicted octanol–water partition coefficient (Wildman–Crippen LogP) is 0.593. The number of hydrogen-bond acceptors (Lipinski definition) is 4. The number of Topliss-reactive ketones (excluding diaryl/α,β-unsaturated/α-hetero) is 1. The van der Waals surface area contributed by atoms with Gasteiger partial charge in [0.1, 0.15) is 11.6 Å². The average molecular weight is 412 g/mol. The summed E-state index contributed by atoms with van der Waals surface area (Å²) in [5.41, 5.74) is 0.127. The monoisotopic (exact) mass is 412 g/mol. The van der Waals surface area contributed by atoms with Crippen LogP contribution in [0.4, 0.5) is 4.39 Å². The topological polar surface area (TPSA) is 74.1 Å². The van der Waals surface area contributed by atoms with E-state index in [-0.39, 0.29) is 23.2 Å². The number of ether oxygens (including phenoxy) is 1. The number of hydrogen-bond donors (Lipinski definition) is 1. The van der Waals surface area contributed by atoms with Gasteiger partial charge < -0.3 is 19.6 Å². The number of nitrogens with one attached hydrogen (secondary N) is 1. The molecular weight excluding hydrogens is 387 g/mol. The fourth-order valence-electron chi connectivity index (χ4n) is 3.64. The van der Waals surface area contributed by atoms with Crippen molar-refractivity contribution in [3.8, 4) is 5.75 Å². The Morgan fingerprint density at radius 1 is 1.17 bits per heavy atom. The quantitative estimate of drug-likeness (QED) is 0.411. The highest BCUT2D eigenvalue weighted by Crippen LogP contribution is 2.39. The molecule has 2 aromatic rings. The molecular formula is C23H25FN2O4. The number of nitrogens with zero attached hydrogens (tertiary/aromatic N) is 1. The molecule has 0 spiro atoms. The van der Waals surface area contributed by atoms with E-state index in [9.17, 15) is 19.1 Å². The number of carbonyl (C=O) groups is 2. The van der Waals surface area contributed by atoms with Gasteiger partial charge in [-0.15, -0.1) is 0 Å². The zero-order chi connectivity index (χ0) is 21.8. The van der Waals surface area contributed by atoms with Gasteiger partial charge in [0.25, 0.3) is 5.91 Å². The molecule has 0 radical (unpaired) electrons. The summed E-state index contributed by atoms with van der Waals surface area (Å²) >= 11 is 0. The number of likely N-dealkylation sites (tertiary alicyclic amines) is 1. The summed E-state index contributed by atoms with van der Waals surface area (Å²) in [6.45, 7) is 1.02. The third-order valence-electron chi connectivity index (χ3n) is 5.14. The van der Waals surface area contributed by atoms with Crippen molar-refractivity contribution in [3.05, 3.63) is 71.0 Å². The summed E-state index contributed by atoms with van der Waals surface area (Å²) in [5.74, 6) is -2.37. The molecule has 0 saturated carbocycles. The minimum Gasteiger partial charge on any atom is -0.872 e. The summed E-state index contributed by atoms with van der Waals surface area (Å²) in [6, 6.07) is 11.2. The summed E-state index contributed by atoms with van der Waals surface area (Å²) < 4.78 is 19.8. The summed E-state index contributed by atoms with van der Waals surface area (Å²) in [5, 5.41) is 13.3. The van der Waals surface area contributed by atoms with Crippen LogP contribution in [0.25, 0.3) is 5.76 Å². The smallest absolute Gasteiger partial charge is 0.295 e. The molecule has 1 aliphatic heterocycles. The van der Waals surface area contributed by atoms with Crippen LogP contribution in [0.5, 0.6) is 5.75 Å². The Morgan fingerprint density at radius 2 is 1.90 bits per heavy atom. The fourth-order valence-corrected chi connectivity index (χ4v) is 3.64. The second-order valence-corrected chi connectivity index (χ2v) is 7.54. The van der Waals surface area contributed by atoms with E-state index in [1.165, 1.54) is 41.2 Å². The van der Waals surface area contributed by atoms with Gasteiger partial charge in [-0.2, -0.15) is 0 Å². The van der Waals surface area contributed by atoms with Gasteiger partial charge in [0.05, 0.1) is 33.8 Å². The molecule has 1 saturated heterocycles. The van der Waals surface area contributed by atoms with Crippen molar-refractivity contribution in [2.45, 2.75) is 12.5 Å². The number of ketones is 1. The van der Waals surface area contributed by atoms with Gasteiger partial charge in [-0.1, -0.05) is 36.1 Å². The normalized spacial score (nSPS) is 18.3. The lowest BCUT2D eigenvalue weighted by Gasteiger charge is -2.28. The summed E-state index contributed by atoms with van der Waals surface area (Å²) in [4.78, 5) is 28.2. The molecule has 1 unspecified atom stereocenters. The van der Waals surface area contributed by atoms with Crippen LogP contribution in [0.3, 0.4) is 0 Å². The molecule has 1 N–H and O–H groups in total. The van der Waals surface area contributed by atoms with Crippen molar-refractivity contribution < 1.29 is 28.7 Å². The van der Waals surface area contributed by atoms with E-state index in [0.717, 1.165) is 6.54 Å². The van der Waals surface area contributed by atoms with Gasteiger partial charge in [0.15, 0.2) is 0 Å². The molecule has 158 valence electrons. The van der Waals surface area contributed by atoms with Crippen molar-refractivity contribution in [1.29, 1.82) is 0 Å². The van der Waals surface area contributed by atoms with Crippen LogP contribution in [0.1, 0.15) is 23.6 Å². The Kier molecular flexibility index (Phi) is 6.52. The predicted molar refractivity (Wildman–Crippen MR) is 108 cm³/mol. The third-order valence-corrected chi connectivity index (χ3v) is 5.14. The Morgan fingerprint density at radius 3 is 2.57 bits per heavy atom. The number of quaternary nitrogens is 1. The van der Waals surface area contributed by atoms with E-state index >= 15 is 0 Å². The zero-order valence-corrected chi connectivity index (χ0v) is 17.3. The molecule has 3 rings (SSSR count). The van der Waals surface area contributed by atoms with E-state index < -0.39 is 29.3 Å². The van der Waals surface area contributed by atoms with Crippen molar-refractivity contribution in [2.75, 3.05) is 34.3 Å². The first-order valence-corrected chi connectivity index (χ1v) is 9.79. The molecule has 1 amide bonds. The summed E-state index contributed by atoms with van der Waals surface area (Å²) in [6.07, 6.45) is 0.618. The average Bonchev–Trinajstić information content (AvgIpc) is 2.98. The third kappa shape index (κ3) is 4.21. The Hall–Kier alpha value is -3.19. The second-order valence-electron chi connectivity index (χ2n) is 7.54. The van der Waals surface area contributed by atoms with E-state index in [2.05, 4.69) is 0 Å². The molecule has 7 heteroatoms. The number of amides is 1. The standard InChI is InChI=1S/C23H25FN2O4/c1-25(2)12-7-13-26-20(17-10-4-5-11-18(17)24)19(22(28)23(26)29)21(27)15-8-6-9-16(14-15)30-3/h4-6,8-11,14,20,27H,7,12-13H2,1-3H3. The van der Waals surface area contributed by atoms with Crippen LogP contribution in [0.2, 0.25) is 0 Å². The number of methoxy groups -OCH3 is 1. The highest BCUT2D eigenvalue weighted by atomic mass is 19.1. The van der Waals surface area contributed by atoms with Crippen molar-refractivity contribution in [3.63, 3.8) is 0 Å². The highest BCUT2D eigenvalue weighted by Gasteiger charge is 2.44. The Labute approximate surface area is 175 Å². The number of halogens is 1. The lowest BCUT2D eigenvalue weighted by atomic mass is 9.95. The number of benzene rings is 2. The molecule has 0 aliphatic carbocycles. The largest absolute Gasteiger partial charge is 0.872 e. The van der Waals surface area contributed by atoms with Crippen LogP contribution in [-0.4, -0.2) is 50.9 Å². The number of carbonyl (C=O) groups excluding carboxylic acids is 2. The molecule has 1 heterocycles. The molecule has 1 fully saturated rings. The Bertz CT molecular complexity index is 987. The van der Waals surface area contributed by atoms with Crippen LogP contribution in [0.15, 0.2) is 54.1 Å². The number of rotatable bonds is 7. The molecule has 6 nitrogen and oxygen atoms in total. The zero-order valence-electron chi connectivity index (χ0n) is 17.3. The molecule has 1 atom stereocenters. The van der Waals surface area contributed by atoms with Crippen molar-refractivity contribution in [2.24, 2.45) is 0 Å². The van der Waals surface area contributed by atoms with Crippen LogP contribution in [0, 0.1) is 5.82 Å².